The fourth-order valence-corrected chi connectivity index (χ4v) is 3.49. The largest absolute Gasteiger partial charge is 0.416 e. The second-order valence-corrected chi connectivity index (χ2v) is 7.09. The van der Waals surface area contributed by atoms with Crippen LogP contribution in [0.1, 0.15) is 41.4 Å². The van der Waals surface area contributed by atoms with Gasteiger partial charge in [0, 0.05) is 19.1 Å². The summed E-state index contributed by atoms with van der Waals surface area (Å²) < 4.78 is 40.2. The van der Waals surface area contributed by atoms with E-state index in [-0.39, 0.29) is 17.6 Å². The molecule has 0 bridgehead atoms. The number of alkyl halides is 3. The van der Waals surface area contributed by atoms with E-state index < -0.39 is 11.7 Å². The minimum absolute atomic E-state index is 0.104. The van der Waals surface area contributed by atoms with Crippen molar-refractivity contribution in [2.24, 2.45) is 11.7 Å². The predicted octanol–water partition coefficient (Wildman–Crippen LogP) is 3.40. The van der Waals surface area contributed by atoms with Crippen LogP contribution in [0.5, 0.6) is 0 Å². The van der Waals surface area contributed by atoms with E-state index in [9.17, 15) is 18.0 Å². The molecule has 1 aliphatic heterocycles. The number of nitrogens with zero attached hydrogens (tertiary/aromatic N) is 3. The van der Waals surface area contributed by atoms with Gasteiger partial charge in [-0.2, -0.15) is 18.3 Å². The van der Waals surface area contributed by atoms with Crippen molar-refractivity contribution in [1.29, 1.82) is 0 Å². The van der Waals surface area contributed by atoms with E-state index in [0.29, 0.717) is 30.3 Å². The van der Waals surface area contributed by atoms with Crippen LogP contribution in [0.25, 0.3) is 5.69 Å². The molecule has 146 valence electrons. The van der Waals surface area contributed by atoms with Crippen molar-refractivity contribution in [2.75, 3.05) is 13.1 Å². The second-order valence-electron chi connectivity index (χ2n) is 7.09. The monoisotopic (exact) mass is 380 g/mol. The standard InChI is InChI=1S/C19H23F3N4O/c1-12(23)14-6-8-25(9-7-14)18(27)17-11-24-26(13(17)2)16-5-3-4-15(10-16)19(20,21)22/h3-5,10-12,14H,6-9,23H2,1-2H3. The quantitative estimate of drug-likeness (QED) is 0.888. The van der Waals surface area contributed by atoms with Gasteiger partial charge in [0.2, 0.25) is 0 Å². The fourth-order valence-electron chi connectivity index (χ4n) is 3.49. The van der Waals surface area contributed by atoms with Gasteiger partial charge in [-0.3, -0.25) is 4.79 Å². The maximum Gasteiger partial charge on any atom is 0.416 e. The van der Waals surface area contributed by atoms with Crippen LogP contribution >= 0.6 is 0 Å². The molecule has 1 saturated heterocycles. The number of hydrogen-bond acceptors (Lipinski definition) is 3. The number of nitrogens with two attached hydrogens (primary N) is 1. The molecule has 1 fully saturated rings. The topological polar surface area (TPSA) is 64.2 Å². The lowest BCUT2D eigenvalue weighted by Gasteiger charge is -2.33. The summed E-state index contributed by atoms with van der Waals surface area (Å²) in [5, 5.41) is 4.15. The zero-order valence-electron chi connectivity index (χ0n) is 15.3. The summed E-state index contributed by atoms with van der Waals surface area (Å²) >= 11 is 0. The highest BCUT2D eigenvalue weighted by atomic mass is 19.4. The first-order valence-corrected chi connectivity index (χ1v) is 8.95. The van der Waals surface area contributed by atoms with Gasteiger partial charge in [-0.1, -0.05) is 6.07 Å². The van der Waals surface area contributed by atoms with Crippen molar-refractivity contribution in [3.63, 3.8) is 0 Å². The minimum atomic E-state index is -4.43. The molecule has 1 aliphatic rings. The average Bonchev–Trinajstić information content (AvgIpc) is 3.02. The Bertz CT molecular complexity index is 821. The summed E-state index contributed by atoms with van der Waals surface area (Å²) in [4.78, 5) is 14.6. The third-order valence-electron chi connectivity index (χ3n) is 5.23. The van der Waals surface area contributed by atoms with Crippen LogP contribution < -0.4 is 5.73 Å². The predicted molar refractivity (Wildman–Crippen MR) is 95.6 cm³/mol. The fraction of sp³-hybridized carbons (Fsp3) is 0.474. The number of hydrogen-bond donors (Lipinski definition) is 1. The van der Waals surface area contributed by atoms with Crippen LogP contribution in [0.15, 0.2) is 30.5 Å². The molecule has 1 amide bonds. The molecular formula is C19H23F3N4O. The Morgan fingerprint density at radius 1 is 1.30 bits per heavy atom. The molecule has 2 aromatic rings. The molecule has 5 nitrogen and oxygen atoms in total. The minimum Gasteiger partial charge on any atom is -0.339 e. The summed E-state index contributed by atoms with van der Waals surface area (Å²) in [6.45, 7) is 4.92. The van der Waals surface area contributed by atoms with Crippen LogP contribution in [0.3, 0.4) is 0 Å². The van der Waals surface area contributed by atoms with Crippen LogP contribution in [0.2, 0.25) is 0 Å². The molecule has 0 aliphatic carbocycles. The number of carbonyl (C=O) groups is 1. The molecule has 1 unspecified atom stereocenters. The van der Waals surface area contributed by atoms with E-state index in [2.05, 4.69) is 5.10 Å². The van der Waals surface area contributed by atoms with E-state index in [4.69, 9.17) is 5.73 Å². The van der Waals surface area contributed by atoms with Gasteiger partial charge in [0.1, 0.15) is 0 Å². The van der Waals surface area contributed by atoms with Crippen molar-refractivity contribution in [2.45, 2.75) is 38.9 Å². The Hall–Kier alpha value is -2.35. The number of likely N-dealkylation sites (tertiary alicyclic amines) is 1. The van der Waals surface area contributed by atoms with E-state index in [1.54, 1.807) is 11.8 Å². The van der Waals surface area contributed by atoms with Gasteiger partial charge >= 0.3 is 6.18 Å². The van der Waals surface area contributed by atoms with Crippen LogP contribution in [-0.4, -0.2) is 39.7 Å². The highest BCUT2D eigenvalue weighted by molar-refractivity contribution is 5.95. The van der Waals surface area contributed by atoms with Gasteiger partial charge in [0.15, 0.2) is 0 Å². The van der Waals surface area contributed by atoms with Gasteiger partial charge in [-0.15, -0.1) is 0 Å². The van der Waals surface area contributed by atoms with Crippen molar-refractivity contribution >= 4 is 5.91 Å². The molecular weight excluding hydrogens is 357 g/mol. The third kappa shape index (κ3) is 4.00. The number of aromatic nitrogens is 2. The number of halogens is 3. The van der Waals surface area contributed by atoms with Gasteiger partial charge in [-0.25, -0.2) is 4.68 Å². The number of carbonyl (C=O) groups excluding carboxylic acids is 1. The Kier molecular flexibility index (Phi) is 5.28. The molecule has 27 heavy (non-hydrogen) atoms. The molecule has 1 atom stereocenters. The molecule has 8 heteroatoms. The number of piperidine rings is 1. The first kappa shape index (κ1) is 19.4. The van der Waals surface area contributed by atoms with Crippen molar-refractivity contribution in [3.05, 3.63) is 47.3 Å². The zero-order valence-corrected chi connectivity index (χ0v) is 15.3. The lowest BCUT2D eigenvalue weighted by Crippen LogP contribution is -2.42. The van der Waals surface area contributed by atoms with Gasteiger partial charge in [-0.05, 0) is 50.8 Å². The lowest BCUT2D eigenvalue weighted by molar-refractivity contribution is -0.137. The highest BCUT2D eigenvalue weighted by Gasteiger charge is 2.31. The SMILES string of the molecule is Cc1c(C(=O)N2CCC(C(C)N)CC2)cnn1-c1cccc(C(F)(F)F)c1. The zero-order chi connectivity index (χ0) is 19.8. The Morgan fingerprint density at radius 2 is 1.96 bits per heavy atom. The van der Waals surface area contributed by atoms with E-state index >= 15 is 0 Å². The van der Waals surface area contributed by atoms with Crippen LogP contribution in [0.4, 0.5) is 13.2 Å². The van der Waals surface area contributed by atoms with E-state index in [1.165, 1.54) is 23.0 Å². The summed E-state index contributed by atoms with van der Waals surface area (Å²) in [6.07, 6.45) is -1.30. The Morgan fingerprint density at radius 3 is 2.56 bits per heavy atom. The number of rotatable bonds is 3. The maximum absolute atomic E-state index is 12.9. The summed E-state index contributed by atoms with van der Waals surface area (Å²) in [5.41, 5.74) is 6.39. The Labute approximate surface area is 155 Å². The molecule has 2 heterocycles. The lowest BCUT2D eigenvalue weighted by atomic mass is 9.91. The first-order chi connectivity index (χ1) is 12.7. The summed E-state index contributed by atoms with van der Waals surface area (Å²) in [5.74, 6) is 0.261. The molecule has 0 radical (unpaired) electrons. The van der Waals surface area contributed by atoms with E-state index in [0.717, 1.165) is 25.0 Å². The smallest absolute Gasteiger partial charge is 0.339 e. The van der Waals surface area contributed by atoms with E-state index in [1.807, 2.05) is 6.92 Å². The molecule has 0 spiro atoms. The number of amides is 1. The van der Waals surface area contributed by atoms with Crippen LogP contribution in [-0.2, 0) is 6.18 Å². The third-order valence-corrected chi connectivity index (χ3v) is 5.23. The highest BCUT2D eigenvalue weighted by Crippen LogP contribution is 2.30. The normalized spacial score (nSPS) is 17.2. The Balaban J connectivity index is 1.81. The van der Waals surface area contributed by atoms with Gasteiger partial charge < -0.3 is 10.6 Å². The molecule has 3 rings (SSSR count). The van der Waals surface area contributed by atoms with Crippen molar-refractivity contribution < 1.29 is 18.0 Å². The van der Waals surface area contributed by atoms with Crippen molar-refractivity contribution in [1.82, 2.24) is 14.7 Å². The average molecular weight is 380 g/mol. The summed E-state index contributed by atoms with van der Waals surface area (Å²) in [6, 6.07) is 5.02. The molecule has 1 aromatic carbocycles. The van der Waals surface area contributed by atoms with Gasteiger partial charge in [0.25, 0.3) is 5.91 Å². The summed E-state index contributed by atoms with van der Waals surface area (Å²) in [7, 11) is 0. The maximum atomic E-state index is 12.9. The second kappa shape index (κ2) is 7.34. The first-order valence-electron chi connectivity index (χ1n) is 8.95. The van der Waals surface area contributed by atoms with Crippen LogP contribution in [0, 0.1) is 12.8 Å². The van der Waals surface area contributed by atoms with Crippen molar-refractivity contribution in [3.8, 4) is 5.69 Å². The van der Waals surface area contributed by atoms with Gasteiger partial charge in [0.05, 0.1) is 28.7 Å². The molecule has 1 aromatic heterocycles. The molecule has 0 saturated carbocycles. The number of benzene rings is 1. The molecule has 2 N–H and O–H groups in total.